The number of alkyl halides is 1. The first kappa shape index (κ1) is 11.9. The first-order valence-electron chi connectivity index (χ1n) is 4.83. The van der Waals surface area contributed by atoms with E-state index in [0.29, 0.717) is 5.88 Å². The van der Waals surface area contributed by atoms with Crippen molar-refractivity contribution in [3.63, 3.8) is 0 Å². The lowest BCUT2D eigenvalue weighted by Crippen LogP contribution is -2.35. The summed E-state index contributed by atoms with van der Waals surface area (Å²) in [7, 11) is 0. The van der Waals surface area contributed by atoms with Crippen LogP contribution in [0.1, 0.15) is 23.7 Å². The van der Waals surface area contributed by atoms with Crippen LogP contribution in [0.3, 0.4) is 0 Å². The summed E-state index contributed by atoms with van der Waals surface area (Å²) in [6, 6.07) is 6.38. The minimum absolute atomic E-state index is 0.0144. The van der Waals surface area contributed by atoms with E-state index in [1.807, 2.05) is 6.92 Å². The third-order valence-corrected chi connectivity index (χ3v) is 2.54. The summed E-state index contributed by atoms with van der Waals surface area (Å²) in [5.74, 6) is 0.0653. The molecule has 82 valence electrons. The number of hydrogen-bond donors (Lipinski definition) is 2. The van der Waals surface area contributed by atoms with Crippen LogP contribution in [0, 0.1) is 0 Å². The first-order valence-corrected chi connectivity index (χ1v) is 5.37. The second-order valence-corrected chi connectivity index (χ2v) is 3.56. The van der Waals surface area contributed by atoms with Gasteiger partial charge in [-0.1, -0.05) is 19.1 Å². The highest BCUT2D eigenvalue weighted by atomic mass is 35.5. The predicted octanol–water partition coefficient (Wildman–Crippen LogP) is 2.14. The molecule has 0 heterocycles. The van der Waals surface area contributed by atoms with Crippen LogP contribution in [-0.2, 0) is 0 Å². The van der Waals surface area contributed by atoms with Gasteiger partial charge >= 0.3 is 0 Å². The smallest absolute Gasteiger partial charge is 0.255 e. The number of para-hydroxylation sites is 1. The molecule has 0 radical (unpaired) electrons. The monoisotopic (exact) mass is 227 g/mol. The van der Waals surface area contributed by atoms with E-state index in [4.69, 9.17) is 11.6 Å². The van der Waals surface area contributed by atoms with Crippen LogP contribution in [0.5, 0.6) is 5.75 Å². The van der Waals surface area contributed by atoms with Crippen LogP contribution in [0.2, 0.25) is 0 Å². The molecule has 1 aromatic rings. The fourth-order valence-electron chi connectivity index (χ4n) is 1.18. The zero-order valence-electron chi connectivity index (χ0n) is 8.53. The number of nitrogens with one attached hydrogen (secondary N) is 1. The molecular formula is C11H14ClNO2. The number of carbonyl (C=O) groups is 1. The molecule has 4 heteroatoms. The highest BCUT2D eigenvalue weighted by Crippen LogP contribution is 2.15. The highest BCUT2D eigenvalue weighted by molar-refractivity contribution is 6.18. The number of halogens is 1. The Balaban J connectivity index is 2.73. The summed E-state index contributed by atoms with van der Waals surface area (Å²) in [5.41, 5.74) is 0.279. The van der Waals surface area contributed by atoms with E-state index in [9.17, 15) is 9.90 Å². The largest absolute Gasteiger partial charge is 0.507 e. The van der Waals surface area contributed by atoms with Gasteiger partial charge in [-0.2, -0.15) is 0 Å². The Labute approximate surface area is 94.1 Å². The Kier molecular flexibility index (Phi) is 4.43. The molecule has 0 aromatic heterocycles. The molecule has 1 amide bonds. The van der Waals surface area contributed by atoms with Gasteiger partial charge in [0.15, 0.2) is 0 Å². The summed E-state index contributed by atoms with van der Waals surface area (Å²) in [4.78, 5) is 11.7. The SMILES string of the molecule is CCC(CCl)NC(=O)c1ccccc1O. The molecule has 0 saturated heterocycles. The highest BCUT2D eigenvalue weighted by Gasteiger charge is 2.13. The number of phenols is 1. The molecular weight excluding hydrogens is 214 g/mol. The maximum Gasteiger partial charge on any atom is 0.255 e. The number of amides is 1. The Morgan fingerprint density at radius 2 is 2.20 bits per heavy atom. The van der Waals surface area contributed by atoms with Crippen LogP contribution in [0.4, 0.5) is 0 Å². The van der Waals surface area contributed by atoms with Gasteiger partial charge in [-0.15, -0.1) is 11.6 Å². The van der Waals surface area contributed by atoms with Gasteiger partial charge in [-0.25, -0.2) is 0 Å². The quantitative estimate of drug-likeness (QED) is 0.775. The molecule has 2 N–H and O–H groups in total. The lowest BCUT2D eigenvalue weighted by molar-refractivity contribution is 0.0937. The van der Waals surface area contributed by atoms with Gasteiger partial charge in [0.1, 0.15) is 5.75 Å². The Hall–Kier alpha value is -1.22. The molecule has 1 aromatic carbocycles. The maximum atomic E-state index is 11.7. The van der Waals surface area contributed by atoms with Crippen LogP contribution < -0.4 is 5.32 Å². The van der Waals surface area contributed by atoms with Crippen molar-refractivity contribution in [1.82, 2.24) is 5.32 Å². The van der Waals surface area contributed by atoms with Gasteiger partial charge in [-0.3, -0.25) is 4.79 Å². The van der Waals surface area contributed by atoms with Crippen molar-refractivity contribution >= 4 is 17.5 Å². The molecule has 0 aliphatic carbocycles. The average Bonchev–Trinajstić information content (AvgIpc) is 2.26. The fraction of sp³-hybridized carbons (Fsp3) is 0.364. The molecule has 1 rings (SSSR count). The lowest BCUT2D eigenvalue weighted by atomic mass is 10.1. The van der Waals surface area contributed by atoms with Crippen molar-refractivity contribution in [1.29, 1.82) is 0 Å². The Bertz CT molecular complexity index is 337. The van der Waals surface area contributed by atoms with Crippen molar-refractivity contribution in [2.75, 3.05) is 5.88 Å². The lowest BCUT2D eigenvalue weighted by Gasteiger charge is -2.14. The third kappa shape index (κ3) is 3.13. The molecule has 3 nitrogen and oxygen atoms in total. The van der Waals surface area contributed by atoms with E-state index in [0.717, 1.165) is 6.42 Å². The molecule has 1 unspecified atom stereocenters. The number of aromatic hydroxyl groups is 1. The number of phenolic OH excluding ortho intramolecular Hbond substituents is 1. The summed E-state index contributed by atoms with van der Waals surface area (Å²) >= 11 is 5.66. The average molecular weight is 228 g/mol. The van der Waals surface area contributed by atoms with Crippen molar-refractivity contribution in [2.45, 2.75) is 19.4 Å². The van der Waals surface area contributed by atoms with Crippen LogP contribution in [0.15, 0.2) is 24.3 Å². The molecule has 1 atom stereocenters. The van der Waals surface area contributed by atoms with Crippen LogP contribution >= 0.6 is 11.6 Å². The number of rotatable bonds is 4. The summed E-state index contributed by atoms with van der Waals surface area (Å²) in [6.45, 7) is 1.94. The molecule has 0 spiro atoms. The molecule has 15 heavy (non-hydrogen) atoms. The second-order valence-electron chi connectivity index (χ2n) is 3.25. The number of carbonyl (C=O) groups excluding carboxylic acids is 1. The first-order chi connectivity index (χ1) is 7.19. The van der Waals surface area contributed by atoms with E-state index in [1.54, 1.807) is 18.2 Å². The summed E-state index contributed by atoms with van der Waals surface area (Å²) in [6.07, 6.45) is 0.767. The summed E-state index contributed by atoms with van der Waals surface area (Å²) < 4.78 is 0. The minimum atomic E-state index is -0.291. The molecule has 0 fully saturated rings. The van der Waals surface area contributed by atoms with Gasteiger partial charge in [-0.05, 0) is 18.6 Å². The molecule has 0 aliphatic rings. The topological polar surface area (TPSA) is 49.3 Å². The zero-order chi connectivity index (χ0) is 11.3. The van der Waals surface area contributed by atoms with Gasteiger partial charge < -0.3 is 10.4 Å². The summed E-state index contributed by atoms with van der Waals surface area (Å²) in [5, 5.41) is 12.2. The van der Waals surface area contributed by atoms with Gasteiger partial charge in [0.05, 0.1) is 5.56 Å². The number of benzene rings is 1. The Morgan fingerprint density at radius 3 is 2.73 bits per heavy atom. The molecule has 0 bridgehead atoms. The second kappa shape index (κ2) is 5.61. The molecule has 0 aliphatic heterocycles. The third-order valence-electron chi connectivity index (χ3n) is 2.16. The predicted molar refractivity (Wildman–Crippen MR) is 60.4 cm³/mol. The van der Waals surface area contributed by atoms with E-state index in [2.05, 4.69) is 5.32 Å². The van der Waals surface area contributed by atoms with E-state index < -0.39 is 0 Å². The van der Waals surface area contributed by atoms with E-state index >= 15 is 0 Å². The number of hydrogen-bond acceptors (Lipinski definition) is 2. The van der Waals surface area contributed by atoms with Crippen molar-refractivity contribution < 1.29 is 9.90 Å². The maximum absolute atomic E-state index is 11.7. The van der Waals surface area contributed by atoms with Crippen LogP contribution in [0.25, 0.3) is 0 Å². The standard InChI is InChI=1S/C11H14ClNO2/c1-2-8(7-12)13-11(15)9-5-3-4-6-10(9)14/h3-6,8,14H,2,7H2,1H3,(H,13,15). The van der Waals surface area contributed by atoms with Gasteiger partial charge in [0, 0.05) is 11.9 Å². The zero-order valence-corrected chi connectivity index (χ0v) is 9.29. The Morgan fingerprint density at radius 1 is 1.53 bits per heavy atom. The van der Waals surface area contributed by atoms with E-state index in [1.165, 1.54) is 6.07 Å². The van der Waals surface area contributed by atoms with Gasteiger partial charge in [0.2, 0.25) is 0 Å². The van der Waals surface area contributed by atoms with Crippen molar-refractivity contribution in [2.24, 2.45) is 0 Å². The van der Waals surface area contributed by atoms with E-state index in [-0.39, 0.29) is 23.3 Å². The normalized spacial score (nSPS) is 12.1. The van der Waals surface area contributed by atoms with Crippen molar-refractivity contribution in [3.05, 3.63) is 29.8 Å². The van der Waals surface area contributed by atoms with Crippen molar-refractivity contribution in [3.8, 4) is 5.75 Å². The van der Waals surface area contributed by atoms with Gasteiger partial charge in [0.25, 0.3) is 5.91 Å². The molecule has 0 saturated carbocycles. The minimum Gasteiger partial charge on any atom is -0.507 e. The fourth-order valence-corrected chi connectivity index (χ4v) is 1.47. The van der Waals surface area contributed by atoms with Crippen LogP contribution in [-0.4, -0.2) is 22.9 Å².